The van der Waals surface area contributed by atoms with Gasteiger partial charge >= 0.3 is 6.01 Å². The Hall–Kier alpha value is -5.21. The summed E-state index contributed by atoms with van der Waals surface area (Å²) in [7, 11) is 1.67. The average Bonchev–Trinajstić information content (AvgIpc) is 3.72. The molecule has 1 aliphatic carbocycles. The number of hydrogen-bond acceptors (Lipinski definition) is 7. The molecule has 0 fully saturated rings. The zero-order chi connectivity index (χ0) is 30.6. The number of nitrogens with zero attached hydrogens (tertiary/aromatic N) is 4. The molecule has 0 saturated carbocycles. The molecule has 4 aromatic carbocycles. The van der Waals surface area contributed by atoms with Gasteiger partial charge in [0, 0.05) is 0 Å². The summed E-state index contributed by atoms with van der Waals surface area (Å²) in [6.07, 6.45) is 5.74. The number of methoxy groups -OCH3 is 1. The summed E-state index contributed by atoms with van der Waals surface area (Å²) in [4.78, 5) is 14.3. The van der Waals surface area contributed by atoms with Crippen molar-refractivity contribution in [3.8, 4) is 28.6 Å². The normalized spacial score (nSPS) is 13.0. The Morgan fingerprint density at radius 3 is 2.31 bits per heavy atom. The summed E-state index contributed by atoms with van der Waals surface area (Å²) in [5.41, 5.74) is 8.45. The second kappa shape index (κ2) is 12.8. The van der Waals surface area contributed by atoms with E-state index in [-0.39, 0.29) is 18.7 Å². The third kappa shape index (κ3) is 6.37. The zero-order valence-corrected chi connectivity index (χ0v) is 25.2. The van der Waals surface area contributed by atoms with E-state index in [1.807, 2.05) is 41.0 Å². The number of aromatic nitrogens is 4. The lowest BCUT2D eigenvalue weighted by atomic mass is 10.0. The van der Waals surface area contributed by atoms with Crippen LogP contribution in [0.1, 0.15) is 28.7 Å². The van der Waals surface area contributed by atoms with Gasteiger partial charge in [0.15, 0.2) is 17.0 Å². The molecule has 8 heteroatoms. The molecule has 2 aromatic heterocycles. The molecule has 226 valence electrons. The van der Waals surface area contributed by atoms with Crippen LogP contribution in [0.25, 0.3) is 22.3 Å². The van der Waals surface area contributed by atoms with E-state index in [0.717, 1.165) is 40.8 Å². The summed E-state index contributed by atoms with van der Waals surface area (Å²) in [5, 5.41) is 13.7. The minimum atomic E-state index is -0.269. The van der Waals surface area contributed by atoms with Crippen LogP contribution in [0.15, 0.2) is 103 Å². The molecule has 1 aliphatic rings. The Kier molecular flexibility index (Phi) is 8.12. The van der Waals surface area contributed by atoms with E-state index >= 15 is 0 Å². The summed E-state index contributed by atoms with van der Waals surface area (Å²) < 4.78 is 13.6. The van der Waals surface area contributed by atoms with Crippen molar-refractivity contribution < 1.29 is 14.6 Å². The van der Waals surface area contributed by atoms with Gasteiger partial charge in [0.1, 0.15) is 11.5 Å². The van der Waals surface area contributed by atoms with Gasteiger partial charge < -0.3 is 24.5 Å². The van der Waals surface area contributed by atoms with Crippen molar-refractivity contribution in [2.45, 2.75) is 38.3 Å². The number of anilines is 1. The van der Waals surface area contributed by atoms with E-state index in [4.69, 9.17) is 24.4 Å². The van der Waals surface area contributed by atoms with E-state index in [1.165, 1.54) is 17.5 Å². The van der Waals surface area contributed by atoms with Gasteiger partial charge in [-0.3, -0.25) is 0 Å². The van der Waals surface area contributed by atoms with Crippen LogP contribution < -0.4 is 14.8 Å². The van der Waals surface area contributed by atoms with E-state index in [2.05, 4.69) is 66.0 Å². The predicted octanol–water partition coefficient (Wildman–Crippen LogP) is 6.85. The Morgan fingerprint density at radius 1 is 0.822 bits per heavy atom. The number of benzene rings is 4. The van der Waals surface area contributed by atoms with E-state index < -0.39 is 0 Å². The van der Waals surface area contributed by atoms with E-state index in [9.17, 15) is 5.11 Å². The minimum Gasteiger partial charge on any atom is -0.497 e. The number of aliphatic hydroxyl groups is 1. The van der Waals surface area contributed by atoms with Crippen molar-refractivity contribution in [1.29, 1.82) is 0 Å². The fourth-order valence-electron chi connectivity index (χ4n) is 5.94. The zero-order valence-electron chi connectivity index (χ0n) is 25.2. The summed E-state index contributed by atoms with van der Waals surface area (Å²) in [6, 6.07) is 32.8. The van der Waals surface area contributed by atoms with Crippen LogP contribution in [-0.2, 0) is 25.8 Å². The van der Waals surface area contributed by atoms with Crippen LogP contribution in [0, 0.1) is 0 Å². The van der Waals surface area contributed by atoms with Crippen LogP contribution in [0.3, 0.4) is 0 Å². The minimum absolute atomic E-state index is 0.0668. The maximum Gasteiger partial charge on any atom is 0.326 e. The van der Waals surface area contributed by atoms with Gasteiger partial charge in [-0.05, 0) is 83.3 Å². The molecule has 2 heterocycles. The monoisotopic (exact) mass is 597 g/mol. The molecule has 0 amide bonds. The molecule has 8 nitrogen and oxygen atoms in total. The average molecular weight is 598 g/mol. The molecule has 0 bridgehead atoms. The summed E-state index contributed by atoms with van der Waals surface area (Å²) in [6.45, 7) is 0.504. The smallest absolute Gasteiger partial charge is 0.326 e. The fraction of sp³-hybridized carbons (Fsp3) is 0.216. The van der Waals surface area contributed by atoms with Crippen molar-refractivity contribution in [3.63, 3.8) is 0 Å². The van der Waals surface area contributed by atoms with Gasteiger partial charge in [-0.15, -0.1) is 0 Å². The number of fused-ring (bicyclic) bond motifs is 2. The maximum atomic E-state index is 10.3. The lowest BCUT2D eigenvalue weighted by molar-refractivity contribution is 0.273. The highest BCUT2D eigenvalue weighted by molar-refractivity contribution is 5.83. The molecular formula is C37H35N5O3. The van der Waals surface area contributed by atoms with Crippen LogP contribution in [-0.4, -0.2) is 44.4 Å². The number of nitrogens with one attached hydrogen (secondary N) is 1. The molecule has 6 aromatic rings. The molecule has 7 rings (SSSR count). The quantitative estimate of drug-likeness (QED) is 0.169. The first-order valence-electron chi connectivity index (χ1n) is 15.3. The lowest BCUT2D eigenvalue weighted by Crippen LogP contribution is -2.27. The molecule has 0 saturated heterocycles. The molecule has 0 unspecified atom stereocenters. The second-order valence-corrected chi connectivity index (χ2v) is 11.4. The standard InChI is InChI=1S/C37H35N5O3/c1-44-32-17-14-29(15-18-32)28-12-10-26(11-13-28)22-42-24-38-34-35(39-31(23-43)20-25-6-3-2-4-7-25)40-37(41-36(34)42)45-33-19-16-27-8-5-9-30(27)21-33/h2-4,6-7,10-19,21,24,31,43H,5,8-9,20,22-23H2,1H3,(H,39,40,41)/t31-/m0/s1. The van der Waals surface area contributed by atoms with E-state index in [0.29, 0.717) is 35.7 Å². The van der Waals surface area contributed by atoms with E-state index in [1.54, 1.807) is 13.4 Å². The van der Waals surface area contributed by atoms with Gasteiger partial charge in [-0.1, -0.05) is 72.8 Å². The van der Waals surface area contributed by atoms with Crippen molar-refractivity contribution in [2.75, 3.05) is 19.0 Å². The van der Waals surface area contributed by atoms with Crippen molar-refractivity contribution in [3.05, 3.63) is 126 Å². The molecule has 2 N–H and O–H groups in total. The summed E-state index contributed by atoms with van der Waals surface area (Å²) in [5.74, 6) is 2.08. The SMILES string of the molecule is COc1ccc(-c2ccc(Cn3cnc4c(N[C@H](CO)Cc5ccccc5)nc(Oc5ccc6c(c5)CCC6)nc43)cc2)cc1. The van der Waals surface area contributed by atoms with Gasteiger partial charge in [0.05, 0.1) is 32.6 Å². The van der Waals surface area contributed by atoms with Crippen LogP contribution in [0.5, 0.6) is 17.5 Å². The predicted molar refractivity (Wildman–Crippen MR) is 176 cm³/mol. The van der Waals surface area contributed by atoms with Crippen LogP contribution >= 0.6 is 0 Å². The van der Waals surface area contributed by atoms with Crippen molar-refractivity contribution >= 4 is 17.0 Å². The van der Waals surface area contributed by atoms with Gasteiger partial charge in [-0.25, -0.2) is 4.98 Å². The molecule has 0 radical (unpaired) electrons. The highest BCUT2D eigenvalue weighted by atomic mass is 16.5. The van der Waals surface area contributed by atoms with Crippen molar-refractivity contribution in [1.82, 2.24) is 19.5 Å². The maximum absolute atomic E-state index is 10.3. The number of ether oxygens (including phenoxy) is 2. The second-order valence-electron chi connectivity index (χ2n) is 11.4. The summed E-state index contributed by atoms with van der Waals surface area (Å²) >= 11 is 0. The first kappa shape index (κ1) is 28.6. The van der Waals surface area contributed by atoms with Gasteiger partial charge in [0.2, 0.25) is 0 Å². The number of aliphatic hydroxyl groups excluding tert-OH is 1. The number of imidazole rings is 1. The largest absolute Gasteiger partial charge is 0.497 e. The van der Waals surface area contributed by atoms with Crippen LogP contribution in [0.4, 0.5) is 5.82 Å². The lowest BCUT2D eigenvalue weighted by Gasteiger charge is -2.18. The third-order valence-corrected chi connectivity index (χ3v) is 8.34. The fourth-order valence-corrected chi connectivity index (χ4v) is 5.94. The first-order valence-corrected chi connectivity index (χ1v) is 15.3. The Morgan fingerprint density at radius 2 is 1.56 bits per heavy atom. The number of aryl methyl sites for hydroxylation is 2. The molecule has 1 atom stereocenters. The molecule has 45 heavy (non-hydrogen) atoms. The Balaban J connectivity index is 1.19. The number of rotatable bonds is 11. The third-order valence-electron chi connectivity index (χ3n) is 8.34. The highest BCUT2D eigenvalue weighted by Gasteiger charge is 2.19. The topological polar surface area (TPSA) is 94.3 Å². The number of hydrogen-bond donors (Lipinski definition) is 2. The van der Waals surface area contributed by atoms with Gasteiger partial charge in [-0.2, -0.15) is 9.97 Å². The van der Waals surface area contributed by atoms with Gasteiger partial charge in [0.25, 0.3) is 0 Å². The molecule has 0 aliphatic heterocycles. The first-order chi connectivity index (χ1) is 22.1. The molecular weight excluding hydrogens is 562 g/mol. The van der Waals surface area contributed by atoms with Crippen molar-refractivity contribution in [2.24, 2.45) is 0 Å². The highest BCUT2D eigenvalue weighted by Crippen LogP contribution is 2.30. The Labute approximate surface area is 262 Å². The Bertz CT molecular complexity index is 1900. The molecule has 0 spiro atoms. The van der Waals surface area contributed by atoms with Crippen LogP contribution in [0.2, 0.25) is 0 Å².